The summed E-state index contributed by atoms with van der Waals surface area (Å²) in [6, 6.07) is 0. The largest absolute Gasteiger partial charge is 0.0885 e. The fraction of sp³-hybridized carbons (Fsp3) is 0.933. The Hall–Kier alpha value is -0.260. The van der Waals surface area contributed by atoms with E-state index < -0.39 is 0 Å². The van der Waals surface area contributed by atoms with Crippen LogP contribution < -0.4 is 0 Å². The topological polar surface area (TPSA) is 0 Å². The standard InChI is InChI=1S/C30H60/c1-3-5-7-9-11-13-15-17-19-21-23-25-27-29-30-28-26-24-22-20-18-16-14-12-10-8-6-4-2/h9,11H,3-8,10,12-30H2,1-2H3/b11-9+. The number of hydrogen-bond donors (Lipinski definition) is 0. The van der Waals surface area contributed by atoms with Crippen LogP contribution in [-0.2, 0) is 0 Å². The summed E-state index contributed by atoms with van der Waals surface area (Å²) in [7, 11) is 0. The molecule has 0 atom stereocenters. The van der Waals surface area contributed by atoms with Crippen LogP contribution in [0.5, 0.6) is 0 Å². The maximum Gasteiger partial charge on any atom is -0.0351 e. The summed E-state index contributed by atoms with van der Waals surface area (Å²) >= 11 is 0. The molecule has 0 aromatic rings. The number of allylic oxidation sites excluding steroid dienone is 2. The predicted molar refractivity (Wildman–Crippen MR) is 141 cm³/mol. The Morgan fingerprint density at radius 1 is 0.267 bits per heavy atom. The lowest BCUT2D eigenvalue weighted by molar-refractivity contribution is 0.519. The van der Waals surface area contributed by atoms with Crippen molar-refractivity contribution in [1.82, 2.24) is 0 Å². The Kier molecular flexibility index (Phi) is 28.5. The van der Waals surface area contributed by atoms with Crippen LogP contribution >= 0.6 is 0 Å². The molecule has 0 saturated carbocycles. The Balaban J connectivity index is 3.01. The fourth-order valence-electron chi connectivity index (χ4n) is 4.43. The second-order valence-electron chi connectivity index (χ2n) is 9.83. The van der Waals surface area contributed by atoms with E-state index in [-0.39, 0.29) is 0 Å². The van der Waals surface area contributed by atoms with Gasteiger partial charge in [-0.3, -0.25) is 0 Å². The van der Waals surface area contributed by atoms with Gasteiger partial charge in [-0.2, -0.15) is 0 Å². The highest BCUT2D eigenvalue weighted by Crippen LogP contribution is 2.15. The molecule has 0 heteroatoms. The van der Waals surface area contributed by atoms with Crippen molar-refractivity contribution < 1.29 is 0 Å². The van der Waals surface area contributed by atoms with Gasteiger partial charge in [0.25, 0.3) is 0 Å². The molecule has 180 valence electrons. The second kappa shape index (κ2) is 28.7. The van der Waals surface area contributed by atoms with Crippen molar-refractivity contribution >= 4 is 0 Å². The van der Waals surface area contributed by atoms with Crippen molar-refractivity contribution in [3.63, 3.8) is 0 Å². The Morgan fingerprint density at radius 2 is 0.500 bits per heavy atom. The van der Waals surface area contributed by atoms with Crippen LogP contribution in [0.4, 0.5) is 0 Å². The van der Waals surface area contributed by atoms with E-state index in [9.17, 15) is 0 Å². The molecule has 0 N–H and O–H groups in total. The number of hydrogen-bond acceptors (Lipinski definition) is 0. The van der Waals surface area contributed by atoms with Gasteiger partial charge in [0.2, 0.25) is 0 Å². The van der Waals surface area contributed by atoms with Gasteiger partial charge in [0.1, 0.15) is 0 Å². The highest BCUT2D eigenvalue weighted by atomic mass is 14.0. The molecule has 0 fully saturated rings. The first kappa shape index (κ1) is 29.7. The van der Waals surface area contributed by atoms with Crippen LogP contribution in [0, 0.1) is 0 Å². The second-order valence-corrected chi connectivity index (χ2v) is 9.83. The van der Waals surface area contributed by atoms with Gasteiger partial charge >= 0.3 is 0 Å². The van der Waals surface area contributed by atoms with Gasteiger partial charge in [-0.25, -0.2) is 0 Å². The zero-order valence-corrected chi connectivity index (χ0v) is 21.5. The zero-order chi connectivity index (χ0) is 21.8. The quantitative estimate of drug-likeness (QED) is 0.0963. The Morgan fingerprint density at radius 3 is 0.800 bits per heavy atom. The minimum absolute atomic E-state index is 1.29. The van der Waals surface area contributed by atoms with Crippen molar-refractivity contribution in [3.05, 3.63) is 12.2 Å². The molecule has 0 radical (unpaired) electrons. The molecule has 0 aliphatic heterocycles. The highest BCUT2D eigenvalue weighted by Gasteiger charge is 1.95. The molecule has 0 unspecified atom stereocenters. The van der Waals surface area contributed by atoms with Gasteiger partial charge < -0.3 is 0 Å². The normalized spacial score (nSPS) is 11.7. The van der Waals surface area contributed by atoms with Crippen LogP contribution in [0.2, 0.25) is 0 Å². The van der Waals surface area contributed by atoms with Gasteiger partial charge in [0, 0.05) is 0 Å². The molecule has 0 rings (SSSR count). The van der Waals surface area contributed by atoms with Crippen LogP contribution in [0.15, 0.2) is 12.2 Å². The zero-order valence-electron chi connectivity index (χ0n) is 21.5. The van der Waals surface area contributed by atoms with Gasteiger partial charge in [-0.05, 0) is 19.3 Å². The summed E-state index contributed by atoms with van der Waals surface area (Å²) in [4.78, 5) is 0. The molecule has 0 bridgehead atoms. The predicted octanol–water partition coefficient (Wildman–Crippen LogP) is 11.7. The third kappa shape index (κ3) is 27.7. The molecular weight excluding hydrogens is 360 g/mol. The van der Waals surface area contributed by atoms with Gasteiger partial charge in [0.05, 0.1) is 0 Å². The lowest BCUT2D eigenvalue weighted by Gasteiger charge is -2.04. The van der Waals surface area contributed by atoms with E-state index in [0.29, 0.717) is 0 Å². The summed E-state index contributed by atoms with van der Waals surface area (Å²) in [6.45, 7) is 4.58. The monoisotopic (exact) mass is 420 g/mol. The summed E-state index contributed by atoms with van der Waals surface area (Å²) < 4.78 is 0. The third-order valence-electron chi connectivity index (χ3n) is 6.62. The average Bonchev–Trinajstić information content (AvgIpc) is 2.76. The van der Waals surface area contributed by atoms with Crippen molar-refractivity contribution in [3.8, 4) is 0 Å². The summed E-state index contributed by atoms with van der Waals surface area (Å²) in [6.07, 6.45) is 42.4. The Bertz CT molecular complexity index is 303. The molecule has 0 aromatic carbocycles. The number of rotatable bonds is 26. The molecule has 0 saturated heterocycles. The van der Waals surface area contributed by atoms with Crippen LogP contribution in [0.1, 0.15) is 181 Å². The van der Waals surface area contributed by atoms with Crippen molar-refractivity contribution in [1.29, 1.82) is 0 Å². The van der Waals surface area contributed by atoms with Gasteiger partial charge in [-0.15, -0.1) is 0 Å². The van der Waals surface area contributed by atoms with E-state index in [1.807, 2.05) is 0 Å². The summed E-state index contributed by atoms with van der Waals surface area (Å²) in [5, 5.41) is 0. The van der Waals surface area contributed by atoms with E-state index in [4.69, 9.17) is 0 Å². The first-order valence-corrected chi connectivity index (χ1v) is 14.6. The lowest BCUT2D eigenvalue weighted by atomic mass is 10.0. The smallest absolute Gasteiger partial charge is 0.0351 e. The SMILES string of the molecule is CCCC/C=C/CCCCCCCCCCCCCCCCCCCCCCCC. The molecular formula is C30H60. The van der Waals surface area contributed by atoms with E-state index in [2.05, 4.69) is 26.0 Å². The number of unbranched alkanes of at least 4 members (excludes halogenated alkanes) is 24. The molecule has 0 aliphatic carbocycles. The molecule has 0 amide bonds. The van der Waals surface area contributed by atoms with Crippen molar-refractivity contribution in [2.45, 2.75) is 181 Å². The van der Waals surface area contributed by atoms with Gasteiger partial charge in [0.15, 0.2) is 0 Å². The first-order valence-electron chi connectivity index (χ1n) is 14.6. The molecule has 30 heavy (non-hydrogen) atoms. The first-order chi connectivity index (χ1) is 14.9. The molecule has 0 heterocycles. The summed E-state index contributed by atoms with van der Waals surface area (Å²) in [5.41, 5.74) is 0. The third-order valence-corrected chi connectivity index (χ3v) is 6.62. The Labute approximate surface area is 193 Å². The fourth-order valence-corrected chi connectivity index (χ4v) is 4.43. The molecule has 0 aliphatic rings. The van der Waals surface area contributed by atoms with E-state index in [1.165, 1.54) is 167 Å². The molecule has 0 spiro atoms. The minimum Gasteiger partial charge on any atom is -0.0885 e. The lowest BCUT2D eigenvalue weighted by Crippen LogP contribution is -1.84. The summed E-state index contributed by atoms with van der Waals surface area (Å²) in [5.74, 6) is 0. The van der Waals surface area contributed by atoms with Crippen molar-refractivity contribution in [2.24, 2.45) is 0 Å². The molecule has 0 nitrogen and oxygen atoms in total. The minimum atomic E-state index is 1.29. The van der Waals surface area contributed by atoms with Crippen LogP contribution in [0.25, 0.3) is 0 Å². The average molecular weight is 421 g/mol. The molecule has 0 aromatic heterocycles. The van der Waals surface area contributed by atoms with Crippen molar-refractivity contribution in [2.75, 3.05) is 0 Å². The van der Waals surface area contributed by atoms with E-state index >= 15 is 0 Å². The van der Waals surface area contributed by atoms with Crippen LogP contribution in [0.3, 0.4) is 0 Å². The maximum atomic E-state index is 2.41. The highest BCUT2D eigenvalue weighted by molar-refractivity contribution is 4.81. The van der Waals surface area contributed by atoms with Gasteiger partial charge in [-0.1, -0.05) is 174 Å². The maximum absolute atomic E-state index is 2.41. The van der Waals surface area contributed by atoms with E-state index in [0.717, 1.165) is 0 Å². The van der Waals surface area contributed by atoms with Crippen LogP contribution in [-0.4, -0.2) is 0 Å². The van der Waals surface area contributed by atoms with E-state index in [1.54, 1.807) is 0 Å².